The van der Waals surface area contributed by atoms with Gasteiger partial charge in [0.15, 0.2) is 0 Å². The second-order valence-electron chi connectivity index (χ2n) is 6.36. The minimum atomic E-state index is -0.863. The fourth-order valence-electron chi connectivity index (χ4n) is 2.87. The highest BCUT2D eigenvalue weighted by Crippen LogP contribution is 2.26. The minimum absolute atomic E-state index is 0.232. The van der Waals surface area contributed by atoms with Gasteiger partial charge in [0.2, 0.25) is 0 Å². The molecule has 2 rings (SSSR count). The third kappa shape index (κ3) is 5.91. The second-order valence-corrected chi connectivity index (χ2v) is 6.36. The van der Waals surface area contributed by atoms with E-state index in [2.05, 4.69) is 6.92 Å². The molecule has 4 nitrogen and oxygen atoms in total. The summed E-state index contributed by atoms with van der Waals surface area (Å²) in [7, 11) is 0. The molecule has 134 valence electrons. The summed E-state index contributed by atoms with van der Waals surface area (Å²) in [5.41, 5.74) is 1.50. The van der Waals surface area contributed by atoms with Crippen LogP contribution in [-0.4, -0.2) is 29.4 Å². The van der Waals surface area contributed by atoms with E-state index in [1.165, 1.54) is 0 Å². The number of aliphatic hydroxyl groups excluding tert-OH is 1. The molecule has 0 saturated heterocycles. The quantitative estimate of drug-likeness (QED) is 0.639. The third-order valence-corrected chi connectivity index (χ3v) is 4.33. The number of rotatable bonds is 10. The number of aliphatic carboxylic acids is 1. The highest BCUT2D eigenvalue weighted by molar-refractivity contribution is 5.80. The summed E-state index contributed by atoms with van der Waals surface area (Å²) in [6.07, 6.45) is 2.78. The van der Waals surface area contributed by atoms with Crippen molar-refractivity contribution in [2.45, 2.75) is 32.1 Å². The van der Waals surface area contributed by atoms with Crippen LogP contribution in [-0.2, 0) is 4.79 Å². The Morgan fingerprint density at radius 1 is 1.00 bits per heavy atom. The maximum absolute atomic E-state index is 11.7. The van der Waals surface area contributed by atoms with E-state index in [1.54, 1.807) is 0 Å². The van der Waals surface area contributed by atoms with Gasteiger partial charge in [-0.3, -0.25) is 4.79 Å². The van der Waals surface area contributed by atoms with E-state index in [1.807, 2.05) is 54.6 Å². The van der Waals surface area contributed by atoms with Crippen molar-refractivity contribution in [1.82, 2.24) is 0 Å². The monoisotopic (exact) mass is 342 g/mol. The number of carbonyl (C=O) groups is 1. The minimum Gasteiger partial charge on any atom is -0.494 e. The first-order valence-corrected chi connectivity index (χ1v) is 8.73. The zero-order valence-corrected chi connectivity index (χ0v) is 14.6. The molecule has 0 amide bonds. The van der Waals surface area contributed by atoms with Crippen molar-refractivity contribution in [3.05, 3.63) is 65.7 Å². The number of ether oxygens (including phenoxy) is 1. The largest absolute Gasteiger partial charge is 0.494 e. The molecule has 2 aromatic rings. The average Bonchev–Trinajstić information content (AvgIpc) is 2.61. The van der Waals surface area contributed by atoms with Gasteiger partial charge >= 0.3 is 5.97 Å². The Morgan fingerprint density at radius 2 is 1.64 bits per heavy atom. The summed E-state index contributed by atoms with van der Waals surface area (Å²) in [4.78, 5) is 11.7. The number of hydrogen-bond acceptors (Lipinski definition) is 3. The Balaban J connectivity index is 1.93. The van der Waals surface area contributed by atoms with Crippen molar-refractivity contribution in [1.29, 1.82) is 0 Å². The van der Waals surface area contributed by atoms with E-state index in [0.29, 0.717) is 12.5 Å². The number of carboxylic acid groups (broad SMARTS) is 1. The molecule has 25 heavy (non-hydrogen) atoms. The molecule has 4 heteroatoms. The smallest absolute Gasteiger partial charge is 0.315 e. The lowest BCUT2D eigenvalue weighted by atomic mass is 9.91. The standard InChI is InChI=1S/C21H26O4/c1-16(13-14-22)6-5-15-25-19-11-9-18(10-12-19)20(21(23)24)17-7-3-2-4-8-17/h2-4,7-12,16,20,22H,5-6,13-15H2,1H3,(H,23,24). The van der Waals surface area contributed by atoms with Crippen LogP contribution in [0.2, 0.25) is 0 Å². The fraction of sp³-hybridized carbons (Fsp3) is 0.381. The van der Waals surface area contributed by atoms with Gasteiger partial charge in [-0.25, -0.2) is 0 Å². The summed E-state index contributed by atoms with van der Waals surface area (Å²) in [6.45, 7) is 2.98. The predicted octanol–water partition coefficient (Wildman–Crippen LogP) is 4.08. The lowest BCUT2D eigenvalue weighted by Gasteiger charge is -2.14. The molecule has 0 heterocycles. The van der Waals surface area contributed by atoms with Crippen LogP contribution in [0.25, 0.3) is 0 Å². The van der Waals surface area contributed by atoms with Gasteiger partial charge in [0.05, 0.1) is 6.61 Å². The molecular formula is C21H26O4. The van der Waals surface area contributed by atoms with E-state index in [0.717, 1.165) is 36.1 Å². The average molecular weight is 342 g/mol. The Morgan fingerprint density at radius 3 is 2.24 bits per heavy atom. The van der Waals surface area contributed by atoms with Crippen molar-refractivity contribution in [2.24, 2.45) is 5.92 Å². The Labute approximate surface area is 149 Å². The highest BCUT2D eigenvalue weighted by Gasteiger charge is 2.21. The molecule has 0 aromatic heterocycles. The maximum atomic E-state index is 11.7. The highest BCUT2D eigenvalue weighted by atomic mass is 16.5. The Kier molecular flexibility index (Phi) is 7.48. The normalized spacial score (nSPS) is 13.2. The van der Waals surface area contributed by atoms with Gasteiger partial charge in [-0.1, -0.05) is 49.4 Å². The van der Waals surface area contributed by atoms with Crippen LogP contribution in [0.1, 0.15) is 43.2 Å². The first kappa shape index (κ1) is 19.0. The van der Waals surface area contributed by atoms with Crippen molar-refractivity contribution in [3.8, 4) is 5.75 Å². The van der Waals surface area contributed by atoms with E-state index >= 15 is 0 Å². The van der Waals surface area contributed by atoms with Gasteiger partial charge in [0.25, 0.3) is 0 Å². The lowest BCUT2D eigenvalue weighted by molar-refractivity contribution is -0.137. The van der Waals surface area contributed by atoms with Gasteiger partial charge in [0.1, 0.15) is 11.7 Å². The molecule has 2 unspecified atom stereocenters. The van der Waals surface area contributed by atoms with E-state index in [4.69, 9.17) is 9.84 Å². The van der Waals surface area contributed by atoms with Crippen molar-refractivity contribution < 1.29 is 19.7 Å². The second kappa shape index (κ2) is 9.84. The maximum Gasteiger partial charge on any atom is 0.315 e. The molecule has 0 saturated carbocycles. The molecule has 2 N–H and O–H groups in total. The number of hydrogen-bond donors (Lipinski definition) is 2. The first-order chi connectivity index (χ1) is 12.1. The van der Waals surface area contributed by atoms with Gasteiger partial charge in [-0.2, -0.15) is 0 Å². The van der Waals surface area contributed by atoms with Crippen LogP contribution in [0.4, 0.5) is 0 Å². The summed E-state index contributed by atoms with van der Waals surface area (Å²) in [5.74, 6) is -0.291. The first-order valence-electron chi connectivity index (χ1n) is 8.73. The zero-order valence-electron chi connectivity index (χ0n) is 14.6. The molecule has 0 aliphatic carbocycles. The SMILES string of the molecule is CC(CCO)CCCOc1ccc(C(C(=O)O)c2ccccc2)cc1. The molecule has 0 aliphatic rings. The zero-order chi connectivity index (χ0) is 18.1. The van der Waals surface area contributed by atoms with Crippen molar-refractivity contribution in [3.63, 3.8) is 0 Å². The summed E-state index contributed by atoms with van der Waals surface area (Å²) in [5, 5.41) is 18.5. The van der Waals surface area contributed by atoms with Gasteiger partial charge in [-0.15, -0.1) is 0 Å². The molecule has 0 fully saturated rings. The van der Waals surface area contributed by atoms with Crippen molar-refractivity contribution in [2.75, 3.05) is 13.2 Å². The van der Waals surface area contributed by atoms with E-state index in [9.17, 15) is 9.90 Å². The fourth-order valence-corrected chi connectivity index (χ4v) is 2.87. The van der Waals surface area contributed by atoms with Crippen LogP contribution in [0.5, 0.6) is 5.75 Å². The summed E-state index contributed by atoms with van der Waals surface area (Å²) >= 11 is 0. The summed E-state index contributed by atoms with van der Waals surface area (Å²) < 4.78 is 5.73. The van der Waals surface area contributed by atoms with Gasteiger partial charge in [-0.05, 0) is 48.4 Å². The molecule has 2 aromatic carbocycles. The van der Waals surface area contributed by atoms with E-state index < -0.39 is 11.9 Å². The van der Waals surface area contributed by atoms with Crippen LogP contribution in [0.15, 0.2) is 54.6 Å². The van der Waals surface area contributed by atoms with Gasteiger partial charge < -0.3 is 14.9 Å². The van der Waals surface area contributed by atoms with Crippen LogP contribution >= 0.6 is 0 Å². The number of aliphatic hydroxyl groups is 1. The Bertz CT molecular complexity index is 637. The molecule has 0 spiro atoms. The topological polar surface area (TPSA) is 66.8 Å². The van der Waals surface area contributed by atoms with Gasteiger partial charge in [0, 0.05) is 6.61 Å². The third-order valence-electron chi connectivity index (χ3n) is 4.33. The number of carboxylic acids is 1. The van der Waals surface area contributed by atoms with Crippen molar-refractivity contribution >= 4 is 5.97 Å². The van der Waals surface area contributed by atoms with Crippen LogP contribution < -0.4 is 4.74 Å². The van der Waals surface area contributed by atoms with E-state index in [-0.39, 0.29) is 6.61 Å². The summed E-state index contributed by atoms with van der Waals surface area (Å²) in [6, 6.07) is 16.5. The molecule has 0 bridgehead atoms. The molecule has 0 aliphatic heterocycles. The molecular weight excluding hydrogens is 316 g/mol. The van der Waals surface area contributed by atoms with Crippen LogP contribution in [0.3, 0.4) is 0 Å². The lowest BCUT2D eigenvalue weighted by Crippen LogP contribution is -2.13. The number of benzene rings is 2. The molecule has 0 radical (unpaired) electrons. The molecule has 2 atom stereocenters. The predicted molar refractivity (Wildman–Crippen MR) is 98.0 cm³/mol. The van der Waals surface area contributed by atoms with Crippen LogP contribution in [0, 0.1) is 5.92 Å². The Hall–Kier alpha value is -2.33.